The van der Waals surface area contributed by atoms with E-state index < -0.39 is 90.5 Å². The van der Waals surface area contributed by atoms with Crippen LogP contribution in [0.15, 0.2) is 66.7 Å². The van der Waals surface area contributed by atoms with Gasteiger partial charge in [-0.1, -0.05) is 54.6 Å². The molecule has 0 unspecified atom stereocenters. The summed E-state index contributed by atoms with van der Waals surface area (Å²) >= 11 is 0. The summed E-state index contributed by atoms with van der Waals surface area (Å²) in [6.07, 6.45) is -0.540. The lowest BCUT2D eigenvalue weighted by atomic mass is 10.0. The maximum absolute atomic E-state index is 13.9. The fourth-order valence-corrected chi connectivity index (χ4v) is 8.07. The van der Waals surface area contributed by atoms with Crippen molar-refractivity contribution in [2.24, 2.45) is 0 Å². The Morgan fingerprint density at radius 2 is 1.01 bits per heavy atom. The van der Waals surface area contributed by atoms with Crippen LogP contribution in [0.1, 0.15) is 53.6 Å². The van der Waals surface area contributed by atoms with Crippen molar-refractivity contribution in [3.63, 3.8) is 0 Å². The molecule has 3 atom stereocenters. The molecule has 25 heteroatoms. The molecule has 402 valence electrons. The third-order valence-corrected chi connectivity index (χ3v) is 12.0. The number of unbranched alkanes of at least 4 members (excludes halogenated alkanes) is 1. The number of amides is 5. The van der Waals surface area contributed by atoms with Crippen LogP contribution in [0.25, 0.3) is 10.8 Å². The first-order chi connectivity index (χ1) is 35.2. The molecule has 0 bridgehead atoms. The molecular formula is C49H65N9O16. The summed E-state index contributed by atoms with van der Waals surface area (Å²) in [5.74, 6) is -8.93. The Morgan fingerprint density at radius 1 is 0.486 bits per heavy atom. The lowest BCUT2D eigenvalue weighted by molar-refractivity contribution is -0.141. The van der Waals surface area contributed by atoms with Gasteiger partial charge in [-0.15, -0.1) is 0 Å². The summed E-state index contributed by atoms with van der Waals surface area (Å²) in [5.41, 5.74) is 1.47. The van der Waals surface area contributed by atoms with Gasteiger partial charge in [-0.2, -0.15) is 0 Å². The van der Waals surface area contributed by atoms with Crippen LogP contribution in [0, 0.1) is 0 Å². The van der Waals surface area contributed by atoms with E-state index in [9.17, 15) is 73.5 Å². The van der Waals surface area contributed by atoms with Crippen molar-refractivity contribution < 1.29 is 78.6 Å². The number of carbonyl (C=O) groups excluding carboxylic acids is 4. The average molecular weight is 1040 g/mol. The van der Waals surface area contributed by atoms with Crippen LogP contribution in [0.2, 0.25) is 0 Å². The summed E-state index contributed by atoms with van der Waals surface area (Å²) in [6.45, 7) is 0.826. The van der Waals surface area contributed by atoms with E-state index in [-0.39, 0.29) is 123 Å². The SMILES string of the molecule is O=C(O)CC[C@H](NC(=O)N[C@@H](CCCCNC(=O)[C@H](Cc1ccc2ccccc2c1)NC(=O)c1cccc(CNC(=O)CN2CCN(CC(=O)O)CCN(CC(=O)O)CCN(CC(=O)O)CC2)c1)C(=O)O)C(=O)O. The third kappa shape index (κ3) is 21.9. The van der Waals surface area contributed by atoms with Crippen LogP contribution in [0.5, 0.6) is 0 Å². The van der Waals surface area contributed by atoms with Crippen molar-refractivity contribution in [3.05, 3.63) is 83.4 Å². The van der Waals surface area contributed by atoms with E-state index in [1.807, 2.05) is 42.5 Å². The van der Waals surface area contributed by atoms with Crippen molar-refractivity contribution in [1.29, 1.82) is 0 Å². The summed E-state index contributed by atoms with van der Waals surface area (Å²) in [6, 6.07) is 14.5. The van der Waals surface area contributed by atoms with Crippen LogP contribution >= 0.6 is 0 Å². The molecule has 1 aliphatic heterocycles. The Hall–Kier alpha value is -7.74. The Bertz CT molecular complexity index is 2430. The molecule has 0 spiro atoms. The lowest BCUT2D eigenvalue weighted by Crippen LogP contribution is -2.51. The van der Waals surface area contributed by atoms with Gasteiger partial charge < -0.3 is 57.2 Å². The van der Waals surface area contributed by atoms with Crippen molar-refractivity contribution in [2.75, 3.05) is 85.1 Å². The highest BCUT2D eigenvalue weighted by atomic mass is 16.4. The smallest absolute Gasteiger partial charge is 0.326 e. The minimum absolute atomic E-state index is 0.00304. The number of aliphatic carboxylic acids is 6. The zero-order chi connectivity index (χ0) is 54.2. The zero-order valence-corrected chi connectivity index (χ0v) is 40.8. The van der Waals surface area contributed by atoms with Gasteiger partial charge >= 0.3 is 41.8 Å². The van der Waals surface area contributed by atoms with Crippen molar-refractivity contribution in [1.82, 2.24) is 46.2 Å². The first-order valence-electron chi connectivity index (χ1n) is 24.0. The van der Waals surface area contributed by atoms with E-state index in [2.05, 4.69) is 26.6 Å². The quantitative estimate of drug-likeness (QED) is 0.0434. The largest absolute Gasteiger partial charge is 0.481 e. The number of rotatable bonds is 27. The molecule has 0 radical (unpaired) electrons. The molecule has 1 saturated heterocycles. The van der Waals surface area contributed by atoms with Gasteiger partial charge in [0.2, 0.25) is 11.8 Å². The lowest BCUT2D eigenvalue weighted by Gasteiger charge is -2.32. The fraction of sp³-hybridized carbons (Fsp3) is 0.469. The van der Waals surface area contributed by atoms with Gasteiger partial charge in [0, 0.05) is 83.9 Å². The van der Waals surface area contributed by atoms with Crippen LogP contribution in [-0.2, 0) is 51.3 Å². The molecule has 3 aromatic rings. The van der Waals surface area contributed by atoms with E-state index >= 15 is 0 Å². The van der Waals surface area contributed by atoms with E-state index in [0.717, 1.165) is 16.3 Å². The second kappa shape index (κ2) is 30.3. The van der Waals surface area contributed by atoms with Gasteiger partial charge in [-0.25, -0.2) is 14.4 Å². The van der Waals surface area contributed by atoms with Gasteiger partial charge in [0.15, 0.2) is 0 Å². The summed E-state index contributed by atoms with van der Waals surface area (Å²) in [4.78, 5) is 129. The van der Waals surface area contributed by atoms with E-state index in [1.165, 1.54) is 0 Å². The molecular weight excluding hydrogens is 971 g/mol. The highest BCUT2D eigenvalue weighted by molar-refractivity contribution is 5.98. The number of urea groups is 1. The molecule has 0 saturated carbocycles. The minimum atomic E-state index is -1.57. The predicted molar refractivity (Wildman–Crippen MR) is 264 cm³/mol. The van der Waals surface area contributed by atoms with Crippen LogP contribution in [0.3, 0.4) is 0 Å². The van der Waals surface area contributed by atoms with Gasteiger partial charge in [-0.3, -0.25) is 53.2 Å². The predicted octanol–water partition coefficient (Wildman–Crippen LogP) is -0.371. The molecule has 1 aliphatic rings. The average Bonchev–Trinajstić information content (AvgIpc) is 3.33. The molecule has 5 amide bonds. The first kappa shape index (κ1) is 58.8. The number of fused-ring (bicyclic) bond motifs is 1. The Labute approximate surface area is 425 Å². The summed E-state index contributed by atoms with van der Waals surface area (Å²) < 4.78 is 0. The number of hydrogen-bond donors (Lipinski definition) is 11. The van der Waals surface area contributed by atoms with E-state index in [1.54, 1.807) is 43.9 Å². The second-order valence-electron chi connectivity index (χ2n) is 17.8. The molecule has 1 heterocycles. The normalized spacial score (nSPS) is 15.5. The first-order valence-corrected chi connectivity index (χ1v) is 24.0. The molecule has 0 aromatic heterocycles. The number of benzene rings is 3. The molecule has 1 fully saturated rings. The Kier molecular flexibility index (Phi) is 24.1. The molecule has 74 heavy (non-hydrogen) atoms. The molecule has 4 rings (SSSR count). The fourth-order valence-electron chi connectivity index (χ4n) is 8.07. The zero-order valence-electron chi connectivity index (χ0n) is 40.8. The van der Waals surface area contributed by atoms with Crippen LogP contribution in [0.4, 0.5) is 4.79 Å². The van der Waals surface area contributed by atoms with Gasteiger partial charge in [0.05, 0.1) is 26.2 Å². The Balaban J connectivity index is 1.38. The standard InChI is InChI=1S/C49H65N9O16/c59-40(28-55-16-18-56(29-42(62)63)20-22-58(31-44(66)67)23-21-57(19-17-55)30-43(64)65)51-27-33-6-5-9-36(25-33)45(68)52-39(26-32-11-12-34-7-1-2-8-35(34)24-32)46(69)50-15-4-3-10-37(47(70)71)53-49(74)54-38(48(72)73)13-14-41(60)61/h1-2,5-9,11-12,24-25,37-39H,3-4,10,13-23,26-31H2,(H,50,69)(H,51,59)(H,52,68)(H,60,61)(H,62,63)(H,64,65)(H,66,67)(H,70,71)(H,72,73)(H2,53,54,74)/t37-,38-,39-/m0/s1. The van der Waals surface area contributed by atoms with Crippen molar-refractivity contribution in [3.8, 4) is 0 Å². The third-order valence-electron chi connectivity index (χ3n) is 12.0. The highest BCUT2D eigenvalue weighted by Gasteiger charge is 2.27. The van der Waals surface area contributed by atoms with Gasteiger partial charge in [0.25, 0.3) is 5.91 Å². The number of carbonyl (C=O) groups is 10. The van der Waals surface area contributed by atoms with Crippen molar-refractivity contribution >= 4 is 70.3 Å². The molecule has 11 N–H and O–H groups in total. The summed E-state index contributed by atoms with van der Waals surface area (Å²) in [5, 5.41) is 70.9. The van der Waals surface area contributed by atoms with Gasteiger partial charge in [-0.05, 0) is 59.7 Å². The summed E-state index contributed by atoms with van der Waals surface area (Å²) in [7, 11) is 0. The van der Waals surface area contributed by atoms with Crippen LogP contribution < -0.4 is 26.6 Å². The van der Waals surface area contributed by atoms with Crippen LogP contribution in [-0.4, -0.2) is 213 Å². The highest BCUT2D eigenvalue weighted by Crippen LogP contribution is 2.18. The second-order valence-corrected chi connectivity index (χ2v) is 17.8. The Morgan fingerprint density at radius 3 is 1.54 bits per heavy atom. The monoisotopic (exact) mass is 1040 g/mol. The van der Waals surface area contributed by atoms with Gasteiger partial charge in [0.1, 0.15) is 18.1 Å². The molecule has 0 aliphatic carbocycles. The number of hydrogen-bond acceptors (Lipinski definition) is 14. The molecule has 25 nitrogen and oxygen atoms in total. The number of carboxylic acids is 6. The minimum Gasteiger partial charge on any atom is -0.481 e. The van der Waals surface area contributed by atoms with E-state index in [4.69, 9.17) is 5.11 Å². The number of nitrogens with zero attached hydrogens (tertiary/aromatic N) is 4. The number of nitrogens with one attached hydrogen (secondary N) is 5. The topological polar surface area (TPSA) is 365 Å². The number of carboxylic acid groups (broad SMARTS) is 6. The maximum Gasteiger partial charge on any atom is 0.326 e. The maximum atomic E-state index is 13.9. The molecule has 3 aromatic carbocycles. The van der Waals surface area contributed by atoms with E-state index in [0.29, 0.717) is 5.56 Å². The van der Waals surface area contributed by atoms with Crippen molar-refractivity contribution in [2.45, 2.75) is 63.2 Å².